The summed E-state index contributed by atoms with van der Waals surface area (Å²) in [5.74, 6) is 2.96. The number of carbonyl (C=O) groups excluding carboxylic acids is 2. The van der Waals surface area contributed by atoms with Crippen LogP contribution in [0.15, 0.2) is 0 Å². The summed E-state index contributed by atoms with van der Waals surface area (Å²) >= 11 is 0. The van der Waals surface area contributed by atoms with E-state index in [1.807, 2.05) is 0 Å². The predicted molar refractivity (Wildman–Crippen MR) is 169 cm³/mol. The van der Waals surface area contributed by atoms with E-state index >= 15 is 0 Å². The Labute approximate surface area is 257 Å². The lowest BCUT2D eigenvalue weighted by Crippen LogP contribution is -2.58. The van der Waals surface area contributed by atoms with Gasteiger partial charge in [0.25, 0.3) is 0 Å². The number of unbranched alkanes of at least 4 members (excludes halogenated alkanes) is 8. The van der Waals surface area contributed by atoms with E-state index in [1.165, 1.54) is 77.7 Å². The van der Waals surface area contributed by atoms with Crippen LogP contribution in [0.25, 0.3) is 0 Å². The standard InChI is InChI=1S/C37H64O5/c1-6-7-8-9-10-11-12-13-14-15-34(40)42-28-20-22-36(3)27(24-28)25-32(38)35-30-18-17-29(26(2)16-19-33(39)41-5)37(30,4)23-21-31(35)36/h26-32,35,38H,6-25H2,1-5H3/t26-,27+,28-,29-,30+,31+,32-,35+,36+,37-/m1/s1. The topological polar surface area (TPSA) is 72.8 Å². The number of fused-ring (bicyclic) bond motifs is 5. The fourth-order valence-corrected chi connectivity index (χ4v) is 10.7. The van der Waals surface area contributed by atoms with Crippen molar-refractivity contribution in [3.63, 3.8) is 0 Å². The second-order valence-corrected chi connectivity index (χ2v) is 15.6. The molecule has 1 N–H and O–H groups in total. The highest BCUT2D eigenvalue weighted by atomic mass is 16.5. The van der Waals surface area contributed by atoms with Crippen LogP contribution in [-0.4, -0.2) is 36.4 Å². The minimum absolute atomic E-state index is 0.00691. The van der Waals surface area contributed by atoms with Crippen molar-refractivity contribution in [3.8, 4) is 0 Å². The smallest absolute Gasteiger partial charge is 0.306 e. The molecular weight excluding hydrogens is 524 g/mol. The van der Waals surface area contributed by atoms with Crippen LogP contribution in [0.1, 0.15) is 156 Å². The molecule has 10 atom stereocenters. The van der Waals surface area contributed by atoms with Gasteiger partial charge in [-0.25, -0.2) is 0 Å². The van der Waals surface area contributed by atoms with E-state index in [4.69, 9.17) is 9.47 Å². The van der Waals surface area contributed by atoms with Crippen molar-refractivity contribution in [1.82, 2.24) is 0 Å². The van der Waals surface area contributed by atoms with Crippen molar-refractivity contribution in [2.24, 2.45) is 46.3 Å². The van der Waals surface area contributed by atoms with Crippen molar-refractivity contribution in [1.29, 1.82) is 0 Å². The first-order valence-corrected chi connectivity index (χ1v) is 18.1. The van der Waals surface area contributed by atoms with Crippen molar-refractivity contribution in [3.05, 3.63) is 0 Å². The first kappa shape index (κ1) is 33.8. The van der Waals surface area contributed by atoms with Gasteiger partial charge < -0.3 is 14.6 Å². The van der Waals surface area contributed by atoms with Crippen LogP contribution in [0.3, 0.4) is 0 Å². The monoisotopic (exact) mass is 588 g/mol. The molecule has 0 heterocycles. The molecule has 0 aromatic carbocycles. The van der Waals surface area contributed by atoms with Gasteiger partial charge in [-0.3, -0.25) is 9.59 Å². The number of aliphatic hydroxyl groups excluding tert-OH is 1. The largest absolute Gasteiger partial charge is 0.469 e. The second-order valence-electron chi connectivity index (χ2n) is 15.6. The van der Waals surface area contributed by atoms with Gasteiger partial charge in [0.15, 0.2) is 0 Å². The highest BCUT2D eigenvalue weighted by molar-refractivity contribution is 5.69. The Balaban J connectivity index is 1.25. The molecule has 4 fully saturated rings. The van der Waals surface area contributed by atoms with E-state index in [2.05, 4.69) is 27.7 Å². The fraction of sp³-hybridized carbons (Fsp3) is 0.946. The number of methoxy groups -OCH3 is 1. The Morgan fingerprint density at radius 3 is 2.14 bits per heavy atom. The van der Waals surface area contributed by atoms with Crippen LogP contribution in [0.4, 0.5) is 0 Å². The van der Waals surface area contributed by atoms with E-state index in [9.17, 15) is 14.7 Å². The quantitative estimate of drug-likeness (QED) is 0.153. The van der Waals surface area contributed by atoms with Gasteiger partial charge in [0.05, 0.1) is 13.2 Å². The molecule has 0 spiro atoms. The van der Waals surface area contributed by atoms with Gasteiger partial charge in [-0.1, -0.05) is 79.1 Å². The van der Waals surface area contributed by atoms with Crippen LogP contribution in [0.5, 0.6) is 0 Å². The molecular formula is C37H64O5. The molecule has 4 saturated carbocycles. The van der Waals surface area contributed by atoms with Crippen molar-refractivity contribution in [2.45, 2.75) is 168 Å². The summed E-state index contributed by atoms with van der Waals surface area (Å²) in [6.45, 7) is 9.61. The van der Waals surface area contributed by atoms with Gasteiger partial charge in [0, 0.05) is 12.8 Å². The molecule has 5 heteroatoms. The van der Waals surface area contributed by atoms with Gasteiger partial charge in [-0.05, 0) is 111 Å². The number of ether oxygens (including phenoxy) is 2. The third-order valence-corrected chi connectivity index (χ3v) is 13.2. The predicted octanol–water partition coefficient (Wildman–Crippen LogP) is 9.04. The van der Waals surface area contributed by atoms with Crippen molar-refractivity contribution in [2.75, 3.05) is 7.11 Å². The Morgan fingerprint density at radius 2 is 1.45 bits per heavy atom. The molecule has 0 aromatic rings. The number of rotatable bonds is 15. The number of aliphatic hydroxyl groups is 1. The zero-order valence-electron chi connectivity index (χ0n) is 27.8. The highest BCUT2D eigenvalue weighted by Gasteiger charge is 2.63. The normalized spacial score (nSPS) is 38.2. The van der Waals surface area contributed by atoms with Crippen LogP contribution >= 0.6 is 0 Å². The maximum absolute atomic E-state index is 12.7. The highest BCUT2D eigenvalue weighted by Crippen LogP contribution is 2.68. The molecule has 4 rings (SSSR count). The molecule has 0 unspecified atom stereocenters. The lowest BCUT2D eigenvalue weighted by atomic mass is 9.43. The number of hydrogen-bond acceptors (Lipinski definition) is 5. The first-order chi connectivity index (χ1) is 20.1. The molecule has 4 aliphatic rings. The Morgan fingerprint density at radius 1 is 0.810 bits per heavy atom. The minimum atomic E-state index is -0.252. The van der Waals surface area contributed by atoms with E-state index in [1.54, 1.807) is 0 Å². The van der Waals surface area contributed by atoms with Crippen LogP contribution in [-0.2, 0) is 19.1 Å². The summed E-state index contributed by atoms with van der Waals surface area (Å²) in [7, 11) is 1.48. The van der Waals surface area contributed by atoms with E-state index in [0.717, 1.165) is 44.9 Å². The van der Waals surface area contributed by atoms with E-state index in [0.29, 0.717) is 48.3 Å². The van der Waals surface area contributed by atoms with Crippen LogP contribution in [0, 0.1) is 46.3 Å². The summed E-state index contributed by atoms with van der Waals surface area (Å²) in [4.78, 5) is 24.5. The van der Waals surface area contributed by atoms with Crippen LogP contribution < -0.4 is 0 Å². The van der Waals surface area contributed by atoms with Crippen molar-refractivity contribution < 1.29 is 24.2 Å². The van der Waals surface area contributed by atoms with E-state index < -0.39 is 0 Å². The number of hydrogen-bond donors (Lipinski definition) is 1. The molecule has 242 valence electrons. The van der Waals surface area contributed by atoms with Crippen molar-refractivity contribution >= 4 is 11.9 Å². The van der Waals surface area contributed by atoms with Gasteiger partial charge in [0.2, 0.25) is 0 Å². The lowest BCUT2D eigenvalue weighted by Gasteiger charge is -2.62. The zero-order chi connectivity index (χ0) is 30.3. The summed E-state index contributed by atoms with van der Waals surface area (Å²) < 4.78 is 11.0. The summed E-state index contributed by atoms with van der Waals surface area (Å²) in [6, 6.07) is 0. The SMILES string of the molecule is CCCCCCCCCCCC(=O)O[C@@H]1CC[C@@]2(C)[C@@H](C1)C[C@@H](O)[C@@H]1[C@@H]2CC[C@]2(C)[C@@H]([C@H](C)CCC(=O)OC)CC[C@@H]12. The summed E-state index contributed by atoms with van der Waals surface area (Å²) in [5.41, 5.74) is 0.489. The molecule has 5 nitrogen and oxygen atoms in total. The summed E-state index contributed by atoms with van der Waals surface area (Å²) in [6.07, 6.45) is 21.8. The van der Waals surface area contributed by atoms with Gasteiger partial charge >= 0.3 is 11.9 Å². The fourth-order valence-electron chi connectivity index (χ4n) is 10.7. The van der Waals surface area contributed by atoms with Gasteiger partial charge in [-0.2, -0.15) is 0 Å². The average Bonchev–Trinajstić information content (AvgIpc) is 3.32. The zero-order valence-corrected chi connectivity index (χ0v) is 27.8. The maximum atomic E-state index is 12.7. The van der Waals surface area contributed by atoms with Gasteiger partial charge in [0.1, 0.15) is 6.10 Å². The Hall–Kier alpha value is -1.10. The summed E-state index contributed by atoms with van der Waals surface area (Å²) in [5, 5.41) is 11.7. The maximum Gasteiger partial charge on any atom is 0.306 e. The molecule has 0 saturated heterocycles. The molecule has 42 heavy (non-hydrogen) atoms. The third kappa shape index (κ3) is 7.57. The third-order valence-electron chi connectivity index (χ3n) is 13.2. The first-order valence-electron chi connectivity index (χ1n) is 18.1. The second kappa shape index (κ2) is 15.3. The average molecular weight is 589 g/mol. The Kier molecular flexibility index (Phi) is 12.3. The molecule has 0 aromatic heterocycles. The van der Waals surface area contributed by atoms with Gasteiger partial charge in [-0.15, -0.1) is 0 Å². The van der Waals surface area contributed by atoms with E-state index in [-0.39, 0.29) is 35.0 Å². The molecule has 0 radical (unpaired) electrons. The number of carbonyl (C=O) groups is 2. The minimum Gasteiger partial charge on any atom is -0.469 e. The van der Waals surface area contributed by atoms with Crippen LogP contribution in [0.2, 0.25) is 0 Å². The number of esters is 2. The molecule has 0 bridgehead atoms. The molecule has 0 amide bonds. The molecule has 4 aliphatic carbocycles. The molecule has 0 aliphatic heterocycles. The Bertz CT molecular complexity index is 872. The lowest BCUT2D eigenvalue weighted by molar-refractivity contribution is -0.183.